The standard InChI is InChI=1S/C29H26N4O6S/c1-21(22-12-4-2-5-13-22)30-29(35)24-16-8-9-17-25(24)31-28(34)20-32(23-14-6-3-7-15-23)40(38,39)27-19-11-10-18-26(27)33(36)37/h2-19,21H,20H2,1H3,(H,30,35)(H,31,34)/t21-/m1/s1. The normalized spacial score (nSPS) is 11.7. The Morgan fingerprint density at radius 1 is 0.850 bits per heavy atom. The molecule has 10 nitrogen and oxygen atoms in total. The van der Waals surface area contributed by atoms with E-state index in [0.717, 1.165) is 22.0 Å². The fraction of sp³-hybridized carbons (Fsp3) is 0.103. The van der Waals surface area contributed by atoms with E-state index in [1.807, 2.05) is 37.3 Å². The van der Waals surface area contributed by atoms with Gasteiger partial charge in [0, 0.05) is 6.07 Å². The van der Waals surface area contributed by atoms with Gasteiger partial charge in [0.2, 0.25) is 5.91 Å². The van der Waals surface area contributed by atoms with Crippen molar-refractivity contribution >= 4 is 38.9 Å². The molecule has 40 heavy (non-hydrogen) atoms. The van der Waals surface area contributed by atoms with Crippen LogP contribution in [0.2, 0.25) is 0 Å². The van der Waals surface area contributed by atoms with E-state index in [4.69, 9.17) is 0 Å². The molecule has 0 aliphatic heterocycles. The first-order valence-corrected chi connectivity index (χ1v) is 13.7. The summed E-state index contributed by atoms with van der Waals surface area (Å²) < 4.78 is 28.1. The van der Waals surface area contributed by atoms with E-state index in [0.29, 0.717) is 0 Å². The summed E-state index contributed by atoms with van der Waals surface area (Å²) in [5.74, 6) is -1.18. The second-order valence-electron chi connectivity index (χ2n) is 8.77. The third-order valence-electron chi connectivity index (χ3n) is 6.05. The quantitative estimate of drug-likeness (QED) is 0.209. The second-order valence-corrected chi connectivity index (χ2v) is 10.6. The molecule has 0 heterocycles. The fourth-order valence-corrected chi connectivity index (χ4v) is 5.65. The topological polar surface area (TPSA) is 139 Å². The Morgan fingerprint density at radius 2 is 1.43 bits per heavy atom. The number of carbonyl (C=O) groups excluding carboxylic acids is 2. The number of sulfonamides is 1. The highest BCUT2D eigenvalue weighted by molar-refractivity contribution is 7.93. The Kier molecular flexibility index (Phi) is 8.55. The van der Waals surface area contributed by atoms with Crippen LogP contribution in [0, 0.1) is 10.1 Å². The first-order chi connectivity index (χ1) is 19.2. The predicted octanol–water partition coefficient (Wildman–Crippen LogP) is 4.92. The van der Waals surface area contributed by atoms with Gasteiger partial charge in [-0.05, 0) is 42.8 Å². The van der Waals surface area contributed by atoms with E-state index in [1.165, 1.54) is 30.3 Å². The molecule has 4 rings (SSSR count). The number of para-hydroxylation sites is 3. The van der Waals surface area contributed by atoms with Gasteiger partial charge in [-0.2, -0.15) is 0 Å². The summed E-state index contributed by atoms with van der Waals surface area (Å²) in [5.41, 5.74) is 0.792. The third kappa shape index (κ3) is 6.33. The van der Waals surface area contributed by atoms with Crippen LogP contribution in [-0.4, -0.2) is 31.7 Å². The van der Waals surface area contributed by atoms with Gasteiger partial charge in [0.15, 0.2) is 4.90 Å². The minimum Gasteiger partial charge on any atom is -0.345 e. The van der Waals surface area contributed by atoms with E-state index in [-0.39, 0.29) is 23.0 Å². The van der Waals surface area contributed by atoms with Gasteiger partial charge in [0.25, 0.3) is 21.6 Å². The number of hydrogen-bond acceptors (Lipinski definition) is 6. The van der Waals surface area contributed by atoms with Crippen molar-refractivity contribution in [3.05, 3.63) is 130 Å². The van der Waals surface area contributed by atoms with Crippen molar-refractivity contribution in [3.8, 4) is 0 Å². The Balaban J connectivity index is 1.60. The van der Waals surface area contributed by atoms with E-state index >= 15 is 0 Å². The maximum atomic E-state index is 13.7. The molecule has 0 saturated heterocycles. The van der Waals surface area contributed by atoms with Crippen molar-refractivity contribution in [1.29, 1.82) is 0 Å². The molecule has 0 spiro atoms. The zero-order valence-electron chi connectivity index (χ0n) is 21.4. The molecule has 0 bridgehead atoms. The molecule has 0 radical (unpaired) electrons. The lowest BCUT2D eigenvalue weighted by atomic mass is 10.1. The average molecular weight is 559 g/mol. The smallest absolute Gasteiger partial charge is 0.289 e. The second kappa shape index (κ2) is 12.2. The molecule has 4 aromatic rings. The SMILES string of the molecule is C[C@@H](NC(=O)c1ccccc1NC(=O)CN(c1ccccc1)S(=O)(=O)c1ccccc1[N+](=O)[O-])c1ccccc1. The highest BCUT2D eigenvalue weighted by atomic mass is 32.2. The first kappa shape index (κ1) is 28.0. The zero-order valence-corrected chi connectivity index (χ0v) is 22.2. The van der Waals surface area contributed by atoms with Crippen LogP contribution in [0.15, 0.2) is 114 Å². The van der Waals surface area contributed by atoms with Crippen LogP contribution in [-0.2, 0) is 14.8 Å². The molecule has 0 aliphatic carbocycles. The Bertz CT molecular complexity index is 1630. The molecule has 0 unspecified atom stereocenters. The molecule has 2 amide bonds. The monoisotopic (exact) mass is 558 g/mol. The molecular weight excluding hydrogens is 532 g/mol. The van der Waals surface area contributed by atoms with Crippen LogP contribution in [0.4, 0.5) is 17.1 Å². The highest BCUT2D eigenvalue weighted by Crippen LogP contribution is 2.30. The molecule has 204 valence electrons. The number of amides is 2. The zero-order chi connectivity index (χ0) is 28.7. The number of nitrogens with zero attached hydrogens (tertiary/aromatic N) is 2. The molecule has 0 fully saturated rings. The van der Waals surface area contributed by atoms with Crippen LogP contribution in [0.5, 0.6) is 0 Å². The van der Waals surface area contributed by atoms with Crippen LogP contribution >= 0.6 is 0 Å². The van der Waals surface area contributed by atoms with Crippen LogP contribution in [0.25, 0.3) is 0 Å². The molecule has 4 aromatic carbocycles. The number of hydrogen-bond donors (Lipinski definition) is 2. The lowest BCUT2D eigenvalue weighted by molar-refractivity contribution is -0.387. The van der Waals surface area contributed by atoms with Crippen LogP contribution < -0.4 is 14.9 Å². The Labute approximate surface area is 231 Å². The van der Waals surface area contributed by atoms with Crippen molar-refractivity contribution in [2.45, 2.75) is 17.9 Å². The number of rotatable bonds is 10. The summed E-state index contributed by atoms with van der Waals surface area (Å²) >= 11 is 0. The summed E-state index contributed by atoms with van der Waals surface area (Å²) in [5, 5.41) is 17.1. The first-order valence-electron chi connectivity index (χ1n) is 12.2. The van der Waals surface area contributed by atoms with Gasteiger partial charge in [-0.15, -0.1) is 0 Å². The Hall–Kier alpha value is -5.03. The van der Waals surface area contributed by atoms with Gasteiger partial charge in [0.1, 0.15) is 6.54 Å². The number of nitrogens with one attached hydrogen (secondary N) is 2. The number of carbonyl (C=O) groups is 2. The summed E-state index contributed by atoms with van der Waals surface area (Å²) in [4.78, 5) is 36.5. The third-order valence-corrected chi connectivity index (χ3v) is 7.88. The molecular formula is C29H26N4O6S. The van der Waals surface area contributed by atoms with Crippen molar-refractivity contribution in [2.24, 2.45) is 0 Å². The summed E-state index contributed by atoms with van der Waals surface area (Å²) in [6, 6.07) is 28.1. The van der Waals surface area contributed by atoms with Crippen molar-refractivity contribution in [3.63, 3.8) is 0 Å². The van der Waals surface area contributed by atoms with Gasteiger partial charge < -0.3 is 10.6 Å². The Morgan fingerprint density at radius 3 is 2.10 bits per heavy atom. The van der Waals surface area contributed by atoms with E-state index in [1.54, 1.807) is 36.4 Å². The van der Waals surface area contributed by atoms with Gasteiger partial charge in [0.05, 0.1) is 27.9 Å². The highest BCUT2D eigenvalue weighted by Gasteiger charge is 2.33. The van der Waals surface area contributed by atoms with Gasteiger partial charge in [-0.1, -0.05) is 72.8 Å². The molecule has 0 aromatic heterocycles. The van der Waals surface area contributed by atoms with Gasteiger partial charge in [-0.3, -0.25) is 24.0 Å². The van der Waals surface area contributed by atoms with Crippen LogP contribution in [0.3, 0.4) is 0 Å². The van der Waals surface area contributed by atoms with Gasteiger partial charge in [-0.25, -0.2) is 8.42 Å². The maximum absolute atomic E-state index is 13.7. The van der Waals surface area contributed by atoms with Gasteiger partial charge >= 0.3 is 0 Å². The summed E-state index contributed by atoms with van der Waals surface area (Å²) in [7, 11) is -4.54. The maximum Gasteiger partial charge on any atom is 0.289 e. The lowest BCUT2D eigenvalue weighted by Crippen LogP contribution is -2.38. The average Bonchev–Trinajstić information content (AvgIpc) is 2.97. The van der Waals surface area contributed by atoms with E-state index in [2.05, 4.69) is 10.6 Å². The molecule has 2 N–H and O–H groups in total. The van der Waals surface area contributed by atoms with E-state index < -0.39 is 43.9 Å². The number of benzene rings is 4. The minimum atomic E-state index is -4.54. The van der Waals surface area contributed by atoms with Crippen molar-refractivity contribution in [1.82, 2.24) is 5.32 Å². The molecule has 0 aliphatic rings. The van der Waals surface area contributed by atoms with Crippen LogP contribution in [0.1, 0.15) is 28.9 Å². The minimum absolute atomic E-state index is 0.138. The molecule has 0 saturated carbocycles. The number of nitro benzene ring substituents is 1. The molecule has 1 atom stereocenters. The number of anilines is 2. The lowest BCUT2D eigenvalue weighted by Gasteiger charge is -2.24. The molecule has 11 heteroatoms. The van der Waals surface area contributed by atoms with Crippen molar-refractivity contribution < 1.29 is 22.9 Å². The number of nitro groups is 1. The fourth-order valence-electron chi connectivity index (χ4n) is 4.06. The summed E-state index contributed by atoms with van der Waals surface area (Å²) in [6.45, 7) is 1.13. The largest absolute Gasteiger partial charge is 0.345 e. The predicted molar refractivity (Wildman–Crippen MR) is 151 cm³/mol. The van der Waals surface area contributed by atoms with Crippen molar-refractivity contribution in [2.75, 3.05) is 16.2 Å². The van der Waals surface area contributed by atoms with E-state index in [9.17, 15) is 28.1 Å². The summed E-state index contributed by atoms with van der Waals surface area (Å²) in [6.07, 6.45) is 0.